The lowest BCUT2D eigenvalue weighted by atomic mass is 10.1. The van der Waals surface area contributed by atoms with E-state index in [9.17, 15) is 13.6 Å². The second-order valence-corrected chi connectivity index (χ2v) is 7.64. The van der Waals surface area contributed by atoms with Crippen molar-refractivity contribution in [3.8, 4) is 0 Å². The van der Waals surface area contributed by atoms with Crippen molar-refractivity contribution in [2.75, 3.05) is 5.32 Å². The molecule has 0 saturated carbocycles. The molecule has 0 aliphatic carbocycles. The van der Waals surface area contributed by atoms with Gasteiger partial charge in [0.15, 0.2) is 0 Å². The molecule has 0 spiro atoms. The Balaban J connectivity index is 1.50. The fraction of sp³-hybridized carbons (Fsp3) is 0.0526. The number of fused-ring (bicyclic) bond motifs is 1. The zero-order valence-corrected chi connectivity index (χ0v) is 15.5. The van der Waals surface area contributed by atoms with Gasteiger partial charge >= 0.3 is 0 Å². The molecule has 0 saturated heterocycles. The smallest absolute Gasteiger partial charge is 0.256 e. The summed E-state index contributed by atoms with van der Waals surface area (Å²) >= 11 is 2.77. The lowest BCUT2D eigenvalue weighted by Crippen LogP contribution is -2.05. The molecule has 8 heteroatoms. The SMILES string of the molecule is O=C1Nc2ccc(SNCc3ccc(F)cc3F)cc2/C1=C\c1nccs1. The number of rotatable bonds is 5. The van der Waals surface area contributed by atoms with Crippen molar-refractivity contribution in [3.63, 3.8) is 0 Å². The summed E-state index contributed by atoms with van der Waals surface area (Å²) in [5, 5.41) is 5.45. The molecule has 0 bridgehead atoms. The van der Waals surface area contributed by atoms with Gasteiger partial charge in [0, 0.05) is 45.9 Å². The first-order valence-electron chi connectivity index (χ1n) is 8.01. The Morgan fingerprint density at radius 3 is 2.89 bits per heavy atom. The van der Waals surface area contributed by atoms with Crippen molar-refractivity contribution in [1.82, 2.24) is 9.71 Å². The Morgan fingerprint density at radius 2 is 2.11 bits per heavy atom. The van der Waals surface area contributed by atoms with Crippen LogP contribution in [0, 0.1) is 11.6 Å². The first-order chi connectivity index (χ1) is 13.1. The maximum Gasteiger partial charge on any atom is 0.256 e. The van der Waals surface area contributed by atoms with E-state index in [1.165, 1.54) is 35.4 Å². The molecule has 0 fully saturated rings. The minimum Gasteiger partial charge on any atom is -0.321 e. The van der Waals surface area contributed by atoms with E-state index in [0.717, 1.165) is 27.2 Å². The summed E-state index contributed by atoms with van der Waals surface area (Å²) in [4.78, 5) is 17.3. The van der Waals surface area contributed by atoms with Crippen LogP contribution < -0.4 is 10.0 Å². The van der Waals surface area contributed by atoms with Crippen LogP contribution in [0.2, 0.25) is 0 Å². The summed E-state index contributed by atoms with van der Waals surface area (Å²) < 4.78 is 29.7. The van der Waals surface area contributed by atoms with Crippen LogP contribution in [0.5, 0.6) is 0 Å². The lowest BCUT2D eigenvalue weighted by Gasteiger charge is -2.07. The summed E-state index contributed by atoms with van der Waals surface area (Å²) in [6.45, 7) is 0.243. The highest BCUT2D eigenvalue weighted by Crippen LogP contribution is 2.35. The number of amides is 1. The molecule has 27 heavy (non-hydrogen) atoms. The predicted octanol–water partition coefficient (Wildman–Crippen LogP) is 4.71. The number of nitrogens with zero attached hydrogens (tertiary/aromatic N) is 1. The number of carbonyl (C=O) groups is 1. The summed E-state index contributed by atoms with van der Waals surface area (Å²) in [5.41, 5.74) is 2.49. The van der Waals surface area contributed by atoms with Gasteiger partial charge in [0.05, 0.1) is 5.57 Å². The van der Waals surface area contributed by atoms with Crippen LogP contribution in [0.15, 0.2) is 52.9 Å². The molecule has 2 heterocycles. The standard InChI is InChI=1S/C19H13F2N3OS2/c20-12-2-1-11(16(21)7-12)10-23-27-13-3-4-17-14(8-13)15(19(25)24-17)9-18-22-5-6-26-18/h1-9,23H,10H2,(H,24,25)/b15-9+. The van der Waals surface area contributed by atoms with Gasteiger partial charge in [0.25, 0.3) is 5.91 Å². The highest BCUT2D eigenvalue weighted by Gasteiger charge is 2.24. The van der Waals surface area contributed by atoms with Gasteiger partial charge in [0.2, 0.25) is 0 Å². The molecule has 0 radical (unpaired) electrons. The van der Waals surface area contributed by atoms with Crippen molar-refractivity contribution < 1.29 is 13.6 Å². The molecule has 4 rings (SSSR count). The van der Waals surface area contributed by atoms with Crippen molar-refractivity contribution in [2.45, 2.75) is 11.4 Å². The van der Waals surface area contributed by atoms with E-state index in [-0.39, 0.29) is 12.5 Å². The predicted molar refractivity (Wildman–Crippen MR) is 104 cm³/mol. The van der Waals surface area contributed by atoms with E-state index in [4.69, 9.17) is 0 Å². The summed E-state index contributed by atoms with van der Waals surface area (Å²) in [5.74, 6) is -1.34. The van der Waals surface area contributed by atoms with Crippen LogP contribution in [-0.4, -0.2) is 10.9 Å². The Morgan fingerprint density at radius 1 is 1.22 bits per heavy atom. The van der Waals surface area contributed by atoms with Crippen LogP contribution >= 0.6 is 23.3 Å². The topological polar surface area (TPSA) is 54.0 Å². The third kappa shape index (κ3) is 3.92. The molecule has 4 nitrogen and oxygen atoms in total. The fourth-order valence-corrected chi connectivity index (χ4v) is 3.94. The molecule has 1 aliphatic heterocycles. The summed E-state index contributed by atoms with van der Waals surface area (Å²) in [7, 11) is 0. The second-order valence-electron chi connectivity index (χ2n) is 5.75. The number of benzene rings is 2. The van der Waals surface area contributed by atoms with Gasteiger partial charge in [-0.3, -0.25) is 9.52 Å². The van der Waals surface area contributed by atoms with Crippen LogP contribution in [0.1, 0.15) is 16.1 Å². The van der Waals surface area contributed by atoms with E-state index >= 15 is 0 Å². The van der Waals surface area contributed by atoms with Crippen molar-refractivity contribution in [2.24, 2.45) is 0 Å². The molecule has 2 aromatic carbocycles. The van der Waals surface area contributed by atoms with Crippen molar-refractivity contribution in [1.29, 1.82) is 0 Å². The van der Waals surface area contributed by atoms with Crippen LogP contribution in [0.4, 0.5) is 14.5 Å². The first kappa shape index (κ1) is 17.8. The number of aromatic nitrogens is 1. The minimum absolute atomic E-state index is 0.163. The van der Waals surface area contributed by atoms with Crippen LogP contribution in [-0.2, 0) is 11.3 Å². The number of nitrogens with one attached hydrogen (secondary N) is 2. The first-order valence-corrected chi connectivity index (χ1v) is 9.70. The van der Waals surface area contributed by atoms with Gasteiger partial charge in [-0.15, -0.1) is 11.3 Å². The number of carbonyl (C=O) groups excluding carboxylic acids is 1. The number of anilines is 1. The van der Waals surface area contributed by atoms with Gasteiger partial charge in [-0.05, 0) is 42.3 Å². The number of halogens is 2. The third-order valence-electron chi connectivity index (χ3n) is 3.96. The molecule has 0 unspecified atom stereocenters. The van der Waals surface area contributed by atoms with Gasteiger partial charge in [-0.2, -0.15) is 0 Å². The van der Waals surface area contributed by atoms with Gasteiger partial charge in [0.1, 0.15) is 16.6 Å². The Hall–Kier alpha value is -2.55. The normalized spacial score (nSPS) is 14.4. The van der Waals surface area contributed by atoms with E-state index < -0.39 is 11.6 Å². The third-order valence-corrected chi connectivity index (χ3v) is 5.46. The zero-order valence-electron chi connectivity index (χ0n) is 13.8. The van der Waals surface area contributed by atoms with E-state index in [1.54, 1.807) is 12.3 Å². The molecule has 0 atom stereocenters. The van der Waals surface area contributed by atoms with E-state index in [0.29, 0.717) is 11.1 Å². The average molecular weight is 401 g/mol. The maximum atomic E-state index is 13.7. The lowest BCUT2D eigenvalue weighted by molar-refractivity contribution is -0.110. The molecular formula is C19H13F2N3OS2. The average Bonchev–Trinajstić information content (AvgIpc) is 3.26. The van der Waals surface area contributed by atoms with Gasteiger partial charge in [-0.1, -0.05) is 6.07 Å². The molecule has 136 valence electrons. The molecule has 1 amide bonds. The highest BCUT2D eigenvalue weighted by molar-refractivity contribution is 7.97. The number of hydrogen-bond acceptors (Lipinski definition) is 5. The Kier molecular flexibility index (Phi) is 5.02. The molecule has 1 aliphatic rings. The molecule has 1 aromatic heterocycles. The zero-order chi connectivity index (χ0) is 18.8. The minimum atomic E-state index is -0.598. The van der Waals surface area contributed by atoms with Crippen molar-refractivity contribution >= 4 is 46.5 Å². The largest absolute Gasteiger partial charge is 0.321 e. The van der Waals surface area contributed by atoms with E-state index in [2.05, 4.69) is 15.0 Å². The number of thiazole rings is 1. The Labute approximate surface area is 162 Å². The fourth-order valence-electron chi connectivity index (χ4n) is 2.67. The van der Waals surface area contributed by atoms with Crippen LogP contribution in [0.3, 0.4) is 0 Å². The van der Waals surface area contributed by atoms with E-state index in [1.807, 2.05) is 23.6 Å². The van der Waals surface area contributed by atoms with Gasteiger partial charge < -0.3 is 5.32 Å². The molecule has 2 N–H and O–H groups in total. The molecule has 3 aromatic rings. The van der Waals surface area contributed by atoms with Crippen molar-refractivity contribution in [3.05, 3.63) is 75.7 Å². The maximum absolute atomic E-state index is 13.7. The quantitative estimate of drug-likeness (QED) is 0.480. The Bertz CT molecular complexity index is 1040. The second kappa shape index (κ2) is 7.59. The van der Waals surface area contributed by atoms with Crippen LogP contribution in [0.25, 0.3) is 11.6 Å². The summed E-state index contributed by atoms with van der Waals surface area (Å²) in [6, 6.07) is 9.10. The van der Waals surface area contributed by atoms with Gasteiger partial charge in [-0.25, -0.2) is 13.8 Å². The number of hydrogen-bond donors (Lipinski definition) is 2. The molecular weight excluding hydrogens is 388 g/mol. The monoisotopic (exact) mass is 401 g/mol. The highest BCUT2D eigenvalue weighted by atomic mass is 32.2. The summed E-state index contributed by atoms with van der Waals surface area (Å²) in [6.07, 6.45) is 3.46.